The van der Waals surface area contributed by atoms with Gasteiger partial charge in [-0.15, -0.1) is 0 Å². The molecule has 2 aliphatic heterocycles. The van der Waals surface area contributed by atoms with Crippen molar-refractivity contribution >= 4 is 17.6 Å². The molecule has 6 heteroatoms. The number of carbonyl (C=O) groups is 2. The Morgan fingerprint density at radius 2 is 2.15 bits per heavy atom. The van der Waals surface area contributed by atoms with E-state index in [0.717, 1.165) is 30.1 Å². The van der Waals surface area contributed by atoms with Crippen LogP contribution in [-0.4, -0.2) is 54.7 Å². The minimum absolute atomic E-state index is 0.0804. The summed E-state index contributed by atoms with van der Waals surface area (Å²) >= 11 is 0. The molecule has 2 heterocycles. The summed E-state index contributed by atoms with van der Waals surface area (Å²) in [4.78, 5) is 25.9. The summed E-state index contributed by atoms with van der Waals surface area (Å²) in [5.74, 6) is -0.847. The first-order chi connectivity index (χ1) is 9.54. The van der Waals surface area contributed by atoms with Crippen LogP contribution in [0.4, 0.5) is 0 Å². The van der Waals surface area contributed by atoms with Gasteiger partial charge in [-0.1, -0.05) is 0 Å². The average molecular weight is 277 g/mol. The first-order valence-electron chi connectivity index (χ1n) is 6.70. The Bertz CT molecular complexity index is 520. The number of ether oxygens (including phenoxy) is 1. The van der Waals surface area contributed by atoms with Gasteiger partial charge in [0.15, 0.2) is 5.71 Å². The molecule has 2 aliphatic rings. The molecule has 108 valence electrons. The van der Waals surface area contributed by atoms with Gasteiger partial charge in [0.1, 0.15) is 0 Å². The van der Waals surface area contributed by atoms with Crippen molar-refractivity contribution in [3.8, 4) is 0 Å². The van der Waals surface area contributed by atoms with Crippen molar-refractivity contribution in [3.63, 3.8) is 0 Å². The molecule has 0 aliphatic carbocycles. The predicted octanol–water partition coefficient (Wildman–Crippen LogP) is 0.913. The highest BCUT2D eigenvalue weighted by Gasteiger charge is 2.32. The highest BCUT2D eigenvalue weighted by molar-refractivity contribution is 6.51. The van der Waals surface area contributed by atoms with Crippen LogP contribution >= 0.6 is 0 Å². The Morgan fingerprint density at radius 3 is 2.75 bits per heavy atom. The van der Waals surface area contributed by atoms with Gasteiger partial charge in [-0.25, -0.2) is 9.80 Å². The van der Waals surface area contributed by atoms with Crippen LogP contribution in [0.5, 0.6) is 0 Å². The van der Waals surface area contributed by atoms with E-state index in [1.807, 2.05) is 13.1 Å². The maximum absolute atomic E-state index is 12.0. The molecule has 0 bridgehead atoms. The van der Waals surface area contributed by atoms with E-state index in [2.05, 4.69) is 10.0 Å². The molecule has 0 aromatic rings. The van der Waals surface area contributed by atoms with Crippen LogP contribution in [0.25, 0.3) is 0 Å². The Kier molecular flexibility index (Phi) is 4.22. The molecule has 0 radical (unpaired) electrons. The molecule has 1 fully saturated rings. The lowest BCUT2D eigenvalue weighted by Gasteiger charge is -2.11. The topological polar surface area (TPSA) is 62.2 Å². The highest BCUT2D eigenvalue weighted by Crippen LogP contribution is 2.20. The summed E-state index contributed by atoms with van der Waals surface area (Å²) in [6.07, 6.45) is 5.64. The molecule has 0 aromatic heterocycles. The normalized spacial score (nSPS) is 22.9. The van der Waals surface area contributed by atoms with Gasteiger partial charge in [0.2, 0.25) is 0 Å². The lowest BCUT2D eigenvalue weighted by molar-refractivity contribution is -0.135. The van der Waals surface area contributed by atoms with Gasteiger partial charge < -0.3 is 9.64 Å². The number of rotatable bonds is 3. The fraction of sp³-hybridized carbons (Fsp3) is 0.500. The second-order valence-corrected chi connectivity index (χ2v) is 4.76. The van der Waals surface area contributed by atoms with Crippen molar-refractivity contribution in [3.05, 3.63) is 23.4 Å². The van der Waals surface area contributed by atoms with E-state index in [0.29, 0.717) is 5.57 Å². The number of likely N-dealkylation sites (tertiary alicyclic amines) is 1. The first kappa shape index (κ1) is 14.3. The molecule has 1 amide bonds. The van der Waals surface area contributed by atoms with Crippen molar-refractivity contribution in [2.75, 3.05) is 27.2 Å². The van der Waals surface area contributed by atoms with Crippen LogP contribution in [0.2, 0.25) is 0 Å². The molecular weight excluding hydrogens is 258 g/mol. The highest BCUT2D eigenvalue weighted by atomic mass is 16.5. The van der Waals surface area contributed by atoms with E-state index in [9.17, 15) is 9.59 Å². The standard InChI is InChI=1S/C14H19N3O3/c1-4-20-14(19)12-11(13(18)17(3)15-12)8-7-10-6-5-9-16(10)2/h7-8H,4-6,9H2,1-3H3/b10-7-,11-8+. The van der Waals surface area contributed by atoms with Gasteiger partial charge in [-0.2, -0.15) is 5.10 Å². The second kappa shape index (κ2) is 5.90. The summed E-state index contributed by atoms with van der Waals surface area (Å²) in [6, 6.07) is 0. The number of hydrazone groups is 1. The van der Waals surface area contributed by atoms with Crippen LogP contribution in [0.3, 0.4) is 0 Å². The van der Waals surface area contributed by atoms with Crippen LogP contribution in [-0.2, 0) is 14.3 Å². The van der Waals surface area contributed by atoms with Gasteiger partial charge in [-0.05, 0) is 31.9 Å². The van der Waals surface area contributed by atoms with Gasteiger partial charge in [0.25, 0.3) is 5.91 Å². The van der Waals surface area contributed by atoms with E-state index in [4.69, 9.17) is 4.74 Å². The van der Waals surface area contributed by atoms with E-state index < -0.39 is 5.97 Å². The Labute approximate surface area is 118 Å². The number of carbonyl (C=O) groups excluding carboxylic acids is 2. The number of likely N-dealkylation sites (N-methyl/N-ethyl adjacent to an activating group) is 1. The first-order valence-corrected chi connectivity index (χ1v) is 6.70. The van der Waals surface area contributed by atoms with Crippen LogP contribution in [0.15, 0.2) is 28.5 Å². The monoisotopic (exact) mass is 277 g/mol. The van der Waals surface area contributed by atoms with E-state index in [1.165, 1.54) is 7.05 Å². The summed E-state index contributed by atoms with van der Waals surface area (Å²) in [5.41, 5.74) is 1.53. The lowest BCUT2D eigenvalue weighted by atomic mass is 10.1. The number of amides is 1. The zero-order chi connectivity index (χ0) is 14.7. The molecule has 0 unspecified atom stereocenters. The Hall–Kier alpha value is -2.11. The maximum Gasteiger partial charge on any atom is 0.359 e. The van der Waals surface area contributed by atoms with E-state index in [1.54, 1.807) is 13.0 Å². The zero-order valence-corrected chi connectivity index (χ0v) is 12.0. The summed E-state index contributed by atoms with van der Waals surface area (Å²) in [7, 11) is 3.54. The largest absolute Gasteiger partial charge is 0.461 e. The van der Waals surface area contributed by atoms with Crippen molar-refractivity contribution in [2.24, 2.45) is 5.10 Å². The molecule has 1 saturated heterocycles. The smallest absolute Gasteiger partial charge is 0.359 e. The second-order valence-electron chi connectivity index (χ2n) is 4.76. The number of nitrogens with zero attached hydrogens (tertiary/aromatic N) is 3. The summed E-state index contributed by atoms with van der Waals surface area (Å²) < 4.78 is 4.93. The predicted molar refractivity (Wildman–Crippen MR) is 74.9 cm³/mol. The molecule has 20 heavy (non-hydrogen) atoms. The van der Waals surface area contributed by atoms with Crippen LogP contribution < -0.4 is 0 Å². The number of hydrogen-bond acceptors (Lipinski definition) is 5. The van der Waals surface area contributed by atoms with Crippen molar-refractivity contribution in [1.82, 2.24) is 9.91 Å². The van der Waals surface area contributed by atoms with Gasteiger partial charge in [-0.3, -0.25) is 4.79 Å². The third-order valence-electron chi connectivity index (χ3n) is 3.36. The lowest BCUT2D eigenvalue weighted by Crippen LogP contribution is -2.21. The molecular formula is C14H19N3O3. The molecule has 0 aromatic carbocycles. The van der Waals surface area contributed by atoms with Crippen LogP contribution in [0.1, 0.15) is 19.8 Å². The number of esters is 1. The molecule has 2 rings (SSSR count). The van der Waals surface area contributed by atoms with E-state index >= 15 is 0 Å². The fourth-order valence-electron chi connectivity index (χ4n) is 2.25. The third kappa shape index (κ3) is 2.74. The minimum atomic E-state index is -0.561. The van der Waals surface area contributed by atoms with Gasteiger partial charge in [0.05, 0.1) is 12.2 Å². The Balaban J connectivity index is 2.25. The van der Waals surface area contributed by atoms with Gasteiger partial charge >= 0.3 is 5.97 Å². The number of allylic oxidation sites excluding steroid dienone is 3. The quantitative estimate of drug-likeness (QED) is 0.568. The molecule has 0 N–H and O–H groups in total. The van der Waals surface area contributed by atoms with Gasteiger partial charge in [0, 0.05) is 26.3 Å². The van der Waals surface area contributed by atoms with Crippen molar-refractivity contribution < 1.29 is 14.3 Å². The fourth-order valence-corrected chi connectivity index (χ4v) is 2.25. The maximum atomic E-state index is 12.0. The minimum Gasteiger partial charge on any atom is -0.461 e. The van der Waals surface area contributed by atoms with Crippen LogP contribution in [0, 0.1) is 0 Å². The average Bonchev–Trinajstić information content (AvgIpc) is 2.94. The SMILES string of the molecule is CCOC(=O)C1=NN(C)C(=O)/C1=C/C=C1/CCCN1C. The van der Waals surface area contributed by atoms with Crippen molar-refractivity contribution in [1.29, 1.82) is 0 Å². The van der Waals surface area contributed by atoms with E-state index in [-0.39, 0.29) is 18.2 Å². The molecule has 6 nitrogen and oxygen atoms in total. The molecule has 0 saturated carbocycles. The zero-order valence-electron chi connectivity index (χ0n) is 12.0. The molecule has 0 spiro atoms. The Morgan fingerprint density at radius 1 is 1.40 bits per heavy atom. The molecule has 0 atom stereocenters. The summed E-state index contributed by atoms with van der Waals surface area (Å²) in [5, 5.41) is 5.11. The third-order valence-corrected chi connectivity index (χ3v) is 3.36. The summed E-state index contributed by atoms with van der Waals surface area (Å²) in [6.45, 7) is 2.99. The van der Waals surface area contributed by atoms with Crippen molar-refractivity contribution in [2.45, 2.75) is 19.8 Å². The number of hydrogen-bond donors (Lipinski definition) is 0.